The van der Waals surface area contributed by atoms with Crippen LogP contribution in [0.3, 0.4) is 0 Å². The highest BCUT2D eigenvalue weighted by Gasteiger charge is 2.17. The van der Waals surface area contributed by atoms with Crippen molar-refractivity contribution in [2.45, 2.75) is 32.2 Å². The Morgan fingerprint density at radius 1 is 1.11 bits per heavy atom. The SMILES string of the molecule is CCn1c(=NC(=O)c2ccc(S(=O)(=O)N(C)C)cc2)sc2ccc(C)c(C)c21. The molecule has 8 heteroatoms. The zero-order chi connectivity index (χ0) is 20.6. The molecule has 0 N–H and O–H groups in total. The standard InChI is InChI=1S/C20H23N3O3S2/c1-6-23-18-14(3)13(2)7-12-17(18)27-20(23)21-19(24)15-8-10-16(11-9-15)28(25,26)22(4)5/h7-12H,6H2,1-5H3. The molecular weight excluding hydrogens is 394 g/mol. The Kier molecular flexibility index (Phi) is 5.56. The maximum absolute atomic E-state index is 12.7. The highest BCUT2D eigenvalue weighted by molar-refractivity contribution is 7.89. The number of carbonyl (C=O) groups is 1. The summed E-state index contributed by atoms with van der Waals surface area (Å²) in [5.41, 5.74) is 3.84. The summed E-state index contributed by atoms with van der Waals surface area (Å²) in [6, 6.07) is 10.00. The number of amides is 1. The molecule has 1 heterocycles. The minimum atomic E-state index is -3.53. The van der Waals surface area contributed by atoms with E-state index >= 15 is 0 Å². The Bertz CT molecular complexity index is 1220. The Morgan fingerprint density at radius 3 is 2.32 bits per heavy atom. The van der Waals surface area contributed by atoms with Crippen molar-refractivity contribution in [1.82, 2.24) is 8.87 Å². The van der Waals surface area contributed by atoms with Crippen LogP contribution < -0.4 is 4.80 Å². The van der Waals surface area contributed by atoms with Gasteiger partial charge in [-0.3, -0.25) is 4.79 Å². The van der Waals surface area contributed by atoms with Crippen molar-refractivity contribution in [3.05, 3.63) is 57.9 Å². The largest absolute Gasteiger partial charge is 0.316 e. The lowest BCUT2D eigenvalue weighted by Crippen LogP contribution is -2.22. The number of nitrogens with zero attached hydrogens (tertiary/aromatic N) is 3. The number of fused-ring (bicyclic) bond motifs is 1. The molecule has 1 amide bonds. The van der Waals surface area contributed by atoms with Crippen molar-refractivity contribution in [2.75, 3.05) is 14.1 Å². The number of thiazole rings is 1. The summed E-state index contributed by atoms with van der Waals surface area (Å²) in [4.78, 5) is 17.8. The van der Waals surface area contributed by atoms with E-state index in [0.717, 1.165) is 14.5 Å². The lowest BCUT2D eigenvalue weighted by Gasteiger charge is -2.11. The Labute approximate surface area is 168 Å². The van der Waals surface area contributed by atoms with E-state index < -0.39 is 15.9 Å². The van der Waals surface area contributed by atoms with E-state index in [-0.39, 0.29) is 4.90 Å². The molecule has 28 heavy (non-hydrogen) atoms. The van der Waals surface area contributed by atoms with E-state index in [1.54, 1.807) is 0 Å². The lowest BCUT2D eigenvalue weighted by atomic mass is 10.1. The minimum absolute atomic E-state index is 0.144. The van der Waals surface area contributed by atoms with Gasteiger partial charge in [-0.05, 0) is 62.2 Å². The summed E-state index contributed by atoms with van der Waals surface area (Å²) in [5, 5.41) is 0. The first kappa shape index (κ1) is 20.4. The molecule has 2 aromatic carbocycles. The molecule has 0 atom stereocenters. The number of carbonyl (C=O) groups excluding carboxylic acids is 1. The first-order valence-electron chi connectivity index (χ1n) is 8.88. The van der Waals surface area contributed by atoms with Gasteiger partial charge in [-0.1, -0.05) is 17.4 Å². The van der Waals surface area contributed by atoms with E-state index in [2.05, 4.69) is 31.0 Å². The van der Waals surface area contributed by atoms with Crippen LogP contribution in [-0.2, 0) is 16.6 Å². The van der Waals surface area contributed by atoms with Crippen molar-refractivity contribution in [3.63, 3.8) is 0 Å². The highest BCUT2D eigenvalue weighted by Crippen LogP contribution is 2.24. The molecule has 0 fully saturated rings. The van der Waals surface area contributed by atoms with Gasteiger partial charge >= 0.3 is 0 Å². The molecule has 0 spiro atoms. The molecule has 3 aromatic rings. The molecule has 0 aliphatic rings. The fraction of sp³-hybridized carbons (Fsp3) is 0.300. The van der Waals surface area contributed by atoms with Crippen LogP contribution in [0, 0.1) is 13.8 Å². The number of hydrogen-bond acceptors (Lipinski definition) is 4. The third-order valence-electron chi connectivity index (χ3n) is 4.76. The molecule has 0 bridgehead atoms. The van der Waals surface area contributed by atoms with Gasteiger partial charge in [0.25, 0.3) is 5.91 Å². The van der Waals surface area contributed by atoms with E-state index in [1.165, 1.54) is 60.8 Å². The quantitative estimate of drug-likeness (QED) is 0.654. The van der Waals surface area contributed by atoms with Gasteiger partial charge in [0.2, 0.25) is 10.0 Å². The molecule has 0 aliphatic carbocycles. The molecule has 148 valence electrons. The second-order valence-corrected chi connectivity index (χ2v) is 9.87. The van der Waals surface area contributed by atoms with E-state index in [4.69, 9.17) is 0 Å². The molecule has 3 rings (SSSR count). The van der Waals surface area contributed by atoms with Gasteiger partial charge in [0.1, 0.15) is 0 Å². The summed E-state index contributed by atoms with van der Waals surface area (Å²) < 4.78 is 28.6. The number of aromatic nitrogens is 1. The molecule has 0 unspecified atom stereocenters. The first-order valence-corrected chi connectivity index (χ1v) is 11.1. The van der Waals surface area contributed by atoms with Gasteiger partial charge in [0.15, 0.2) is 4.80 Å². The monoisotopic (exact) mass is 417 g/mol. The highest BCUT2D eigenvalue weighted by atomic mass is 32.2. The van der Waals surface area contributed by atoms with Gasteiger partial charge in [-0.15, -0.1) is 0 Å². The molecule has 1 aromatic heterocycles. The van der Waals surface area contributed by atoms with Crippen LogP contribution in [0.1, 0.15) is 28.4 Å². The average Bonchev–Trinajstić information content (AvgIpc) is 3.02. The summed E-state index contributed by atoms with van der Waals surface area (Å²) in [6.45, 7) is 6.87. The zero-order valence-electron chi connectivity index (χ0n) is 16.6. The number of benzene rings is 2. The van der Waals surface area contributed by atoms with Crippen LogP contribution in [0.4, 0.5) is 0 Å². The van der Waals surface area contributed by atoms with Crippen LogP contribution >= 0.6 is 11.3 Å². The van der Waals surface area contributed by atoms with Gasteiger partial charge < -0.3 is 4.57 Å². The van der Waals surface area contributed by atoms with Gasteiger partial charge in [0, 0.05) is 26.2 Å². The Balaban J connectivity index is 2.05. The second-order valence-electron chi connectivity index (χ2n) is 6.71. The summed E-state index contributed by atoms with van der Waals surface area (Å²) in [5.74, 6) is -0.392. The maximum Gasteiger partial charge on any atom is 0.279 e. The van der Waals surface area contributed by atoms with Crippen LogP contribution in [0.2, 0.25) is 0 Å². The Morgan fingerprint density at radius 2 is 1.75 bits per heavy atom. The fourth-order valence-electron chi connectivity index (χ4n) is 2.95. The fourth-order valence-corrected chi connectivity index (χ4v) is 5.00. The lowest BCUT2D eigenvalue weighted by molar-refractivity contribution is 0.0997. The van der Waals surface area contributed by atoms with E-state index in [1.807, 2.05) is 11.5 Å². The average molecular weight is 418 g/mol. The van der Waals surface area contributed by atoms with Gasteiger partial charge in [-0.25, -0.2) is 12.7 Å². The number of hydrogen-bond donors (Lipinski definition) is 0. The smallest absolute Gasteiger partial charge is 0.279 e. The summed E-state index contributed by atoms with van der Waals surface area (Å²) in [6.07, 6.45) is 0. The van der Waals surface area contributed by atoms with Crippen molar-refractivity contribution >= 4 is 37.5 Å². The molecular formula is C20H23N3O3S2. The molecule has 0 aliphatic heterocycles. The molecule has 0 saturated heterocycles. The second kappa shape index (κ2) is 7.62. The maximum atomic E-state index is 12.7. The van der Waals surface area contributed by atoms with Crippen molar-refractivity contribution in [1.29, 1.82) is 0 Å². The molecule has 6 nitrogen and oxygen atoms in total. The molecule has 0 radical (unpaired) electrons. The Hall–Kier alpha value is -2.29. The van der Waals surface area contributed by atoms with Crippen LogP contribution in [0.5, 0.6) is 0 Å². The zero-order valence-corrected chi connectivity index (χ0v) is 18.2. The van der Waals surface area contributed by atoms with Gasteiger partial charge in [0.05, 0.1) is 15.1 Å². The van der Waals surface area contributed by atoms with Crippen molar-refractivity contribution in [2.24, 2.45) is 4.99 Å². The minimum Gasteiger partial charge on any atom is -0.316 e. The summed E-state index contributed by atoms with van der Waals surface area (Å²) >= 11 is 1.48. The predicted octanol–water partition coefficient (Wildman–Crippen LogP) is 3.33. The third-order valence-corrected chi connectivity index (χ3v) is 7.63. The van der Waals surface area contributed by atoms with Gasteiger partial charge in [-0.2, -0.15) is 4.99 Å². The van der Waals surface area contributed by atoms with Crippen molar-refractivity contribution < 1.29 is 13.2 Å². The van der Waals surface area contributed by atoms with Crippen LogP contribution in [0.15, 0.2) is 46.3 Å². The van der Waals surface area contributed by atoms with E-state index in [0.29, 0.717) is 16.9 Å². The topological polar surface area (TPSA) is 71.7 Å². The number of sulfonamides is 1. The third kappa shape index (κ3) is 3.55. The van der Waals surface area contributed by atoms with Crippen molar-refractivity contribution in [3.8, 4) is 0 Å². The first-order chi connectivity index (χ1) is 13.2. The normalized spacial score (nSPS) is 12.9. The molecule has 0 saturated carbocycles. The predicted molar refractivity (Wildman–Crippen MR) is 112 cm³/mol. The van der Waals surface area contributed by atoms with Crippen LogP contribution in [-0.4, -0.2) is 37.3 Å². The number of rotatable bonds is 4. The number of aryl methyl sites for hydroxylation is 3. The van der Waals surface area contributed by atoms with Crippen LogP contribution in [0.25, 0.3) is 10.2 Å². The van der Waals surface area contributed by atoms with E-state index in [9.17, 15) is 13.2 Å². The summed E-state index contributed by atoms with van der Waals surface area (Å²) in [7, 11) is -0.584.